The minimum absolute atomic E-state index is 0.317. The Hall–Kier alpha value is -0.570. The van der Waals surface area contributed by atoms with Gasteiger partial charge in [0, 0.05) is 25.0 Å². The zero-order chi connectivity index (χ0) is 10.0. The van der Waals surface area contributed by atoms with Gasteiger partial charge in [0.2, 0.25) is 5.91 Å². The van der Waals surface area contributed by atoms with E-state index in [1.54, 1.807) is 0 Å². The predicted molar refractivity (Wildman–Crippen MR) is 56.1 cm³/mol. The fourth-order valence-electron chi connectivity index (χ4n) is 2.70. The summed E-state index contributed by atoms with van der Waals surface area (Å²) in [6.07, 6.45) is 5.57. The van der Waals surface area contributed by atoms with Crippen LogP contribution in [0.15, 0.2) is 0 Å². The largest absolute Gasteiger partial charge is 0.343 e. The van der Waals surface area contributed by atoms with E-state index in [-0.39, 0.29) is 0 Å². The van der Waals surface area contributed by atoms with Gasteiger partial charge in [0.15, 0.2) is 0 Å². The van der Waals surface area contributed by atoms with Gasteiger partial charge in [0.05, 0.1) is 0 Å². The first-order chi connectivity index (χ1) is 6.76. The Morgan fingerprint density at radius 1 is 1.36 bits per heavy atom. The molecule has 0 aliphatic carbocycles. The van der Waals surface area contributed by atoms with Crippen LogP contribution in [0.25, 0.3) is 0 Å². The molecule has 0 saturated carbocycles. The van der Waals surface area contributed by atoms with Gasteiger partial charge in [-0.1, -0.05) is 6.92 Å². The minimum Gasteiger partial charge on any atom is -0.343 e. The van der Waals surface area contributed by atoms with Gasteiger partial charge >= 0.3 is 0 Å². The molecule has 2 aliphatic rings. The normalized spacial score (nSPS) is 25.6. The molecule has 0 atom stereocenters. The molecule has 0 radical (unpaired) electrons. The number of nitrogens with one attached hydrogen (secondary N) is 1. The molecule has 1 amide bonds. The number of carbonyl (C=O) groups is 1. The van der Waals surface area contributed by atoms with Crippen molar-refractivity contribution >= 4 is 5.91 Å². The van der Waals surface area contributed by atoms with E-state index in [0.29, 0.717) is 17.9 Å². The molecular formula is C11H20N2O. The lowest BCUT2D eigenvalue weighted by Gasteiger charge is -2.39. The van der Waals surface area contributed by atoms with Gasteiger partial charge in [0.25, 0.3) is 0 Å². The van der Waals surface area contributed by atoms with E-state index in [0.717, 1.165) is 25.9 Å². The van der Waals surface area contributed by atoms with Crippen molar-refractivity contribution in [1.29, 1.82) is 0 Å². The number of likely N-dealkylation sites (tertiary alicyclic amines) is 1. The molecule has 0 aromatic carbocycles. The molecule has 2 aliphatic heterocycles. The van der Waals surface area contributed by atoms with E-state index >= 15 is 0 Å². The Morgan fingerprint density at radius 2 is 2.07 bits per heavy atom. The second-order valence-corrected chi connectivity index (χ2v) is 4.55. The van der Waals surface area contributed by atoms with Crippen molar-refractivity contribution < 1.29 is 4.79 Å². The molecule has 1 N–H and O–H groups in total. The summed E-state index contributed by atoms with van der Waals surface area (Å²) in [5.74, 6) is 0.317. The third kappa shape index (κ3) is 1.78. The van der Waals surface area contributed by atoms with Gasteiger partial charge in [-0.25, -0.2) is 0 Å². The summed E-state index contributed by atoms with van der Waals surface area (Å²) in [6, 6.07) is 0. The van der Waals surface area contributed by atoms with Crippen molar-refractivity contribution in [3.05, 3.63) is 0 Å². The lowest BCUT2D eigenvalue weighted by atomic mass is 9.86. The van der Waals surface area contributed by atoms with Crippen LogP contribution >= 0.6 is 0 Å². The summed E-state index contributed by atoms with van der Waals surface area (Å²) in [5.41, 5.74) is 0.393. The Morgan fingerprint density at radius 3 is 2.57 bits per heavy atom. The Balaban J connectivity index is 1.88. The van der Waals surface area contributed by atoms with Crippen LogP contribution in [0, 0.1) is 0 Å². The fourth-order valence-corrected chi connectivity index (χ4v) is 2.70. The smallest absolute Gasteiger partial charge is 0.222 e. The van der Waals surface area contributed by atoms with E-state index in [1.165, 1.54) is 19.4 Å². The van der Waals surface area contributed by atoms with Crippen molar-refractivity contribution in [2.75, 3.05) is 19.6 Å². The summed E-state index contributed by atoms with van der Waals surface area (Å²) in [5, 5.41) is 3.61. The molecule has 0 aromatic rings. The summed E-state index contributed by atoms with van der Waals surface area (Å²) in [6.45, 7) is 5.03. The molecule has 0 aromatic heterocycles. The zero-order valence-electron chi connectivity index (χ0n) is 9.01. The van der Waals surface area contributed by atoms with E-state index in [1.807, 2.05) is 11.8 Å². The second kappa shape index (κ2) is 3.89. The van der Waals surface area contributed by atoms with E-state index in [4.69, 9.17) is 0 Å². The standard InChI is InChI=1S/C11H20N2O/c1-2-10(14)13-8-5-11(6-9-13)4-3-7-12-11/h12H,2-9H2,1H3. The lowest BCUT2D eigenvalue weighted by molar-refractivity contribution is -0.132. The summed E-state index contributed by atoms with van der Waals surface area (Å²) in [4.78, 5) is 13.5. The summed E-state index contributed by atoms with van der Waals surface area (Å²) >= 11 is 0. The summed E-state index contributed by atoms with van der Waals surface area (Å²) in [7, 11) is 0. The number of hydrogen-bond acceptors (Lipinski definition) is 2. The molecule has 2 fully saturated rings. The van der Waals surface area contributed by atoms with Crippen LogP contribution in [0.5, 0.6) is 0 Å². The first-order valence-electron chi connectivity index (χ1n) is 5.79. The fraction of sp³-hybridized carbons (Fsp3) is 0.909. The molecule has 14 heavy (non-hydrogen) atoms. The molecule has 3 nitrogen and oxygen atoms in total. The SMILES string of the molecule is CCC(=O)N1CCC2(CCCN2)CC1. The average Bonchev–Trinajstić information content (AvgIpc) is 2.67. The minimum atomic E-state index is 0.317. The molecule has 2 saturated heterocycles. The highest BCUT2D eigenvalue weighted by Gasteiger charge is 2.37. The van der Waals surface area contributed by atoms with Gasteiger partial charge in [0.1, 0.15) is 0 Å². The number of nitrogens with zero attached hydrogens (tertiary/aromatic N) is 1. The van der Waals surface area contributed by atoms with Gasteiger partial charge in [-0.3, -0.25) is 4.79 Å². The number of hydrogen-bond donors (Lipinski definition) is 1. The average molecular weight is 196 g/mol. The number of rotatable bonds is 1. The van der Waals surface area contributed by atoms with Crippen LogP contribution in [0.2, 0.25) is 0 Å². The molecule has 2 rings (SSSR count). The monoisotopic (exact) mass is 196 g/mol. The molecule has 0 bridgehead atoms. The third-order valence-corrected chi connectivity index (χ3v) is 3.71. The van der Waals surface area contributed by atoms with Crippen LogP contribution in [0.1, 0.15) is 39.0 Å². The van der Waals surface area contributed by atoms with Crippen molar-refractivity contribution in [2.45, 2.75) is 44.6 Å². The van der Waals surface area contributed by atoms with Crippen LogP contribution in [-0.4, -0.2) is 36.0 Å². The molecule has 1 spiro atoms. The molecule has 3 heteroatoms. The van der Waals surface area contributed by atoms with Gasteiger partial charge < -0.3 is 10.2 Å². The lowest BCUT2D eigenvalue weighted by Crippen LogP contribution is -2.51. The number of amides is 1. The predicted octanol–water partition coefficient (Wildman–Crippen LogP) is 1.14. The molecule has 80 valence electrons. The van der Waals surface area contributed by atoms with Crippen molar-refractivity contribution in [3.63, 3.8) is 0 Å². The molecular weight excluding hydrogens is 176 g/mol. The first-order valence-corrected chi connectivity index (χ1v) is 5.79. The van der Waals surface area contributed by atoms with Crippen molar-refractivity contribution in [3.8, 4) is 0 Å². The Bertz CT molecular complexity index is 211. The van der Waals surface area contributed by atoms with E-state index in [9.17, 15) is 4.79 Å². The maximum atomic E-state index is 11.5. The quantitative estimate of drug-likeness (QED) is 0.682. The first kappa shape index (κ1) is 9.97. The van der Waals surface area contributed by atoms with Crippen LogP contribution in [-0.2, 0) is 4.79 Å². The highest BCUT2D eigenvalue weighted by molar-refractivity contribution is 5.75. The Kier molecular flexibility index (Phi) is 2.77. The highest BCUT2D eigenvalue weighted by Crippen LogP contribution is 2.30. The van der Waals surface area contributed by atoms with Crippen LogP contribution in [0.3, 0.4) is 0 Å². The van der Waals surface area contributed by atoms with Crippen LogP contribution < -0.4 is 5.32 Å². The highest BCUT2D eigenvalue weighted by atomic mass is 16.2. The van der Waals surface area contributed by atoms with Crippen molar-refractivity contribution in [2.24, 2.45) is 0 Å². The maximum Gasteiger partial charge on any atom is 0.222 e. The van der Waals surface area contributed by atoms with Crippen LogP contribution in [0.4, 0.5) is 0 Å². The third-order valence-electron chi connectivity index (χ3n) is 3.71. The number of piperidine rings is 1. The molecule has 2 heterocycles. The zero-order valence-corrected chi connectivity index (χ0v) is 9.01. The van der Waals surface area contributed by atoms with Crippen molar-refractivity contribution in [1.82, 2.24) is 10.2 Å². The van der Waals surface area contributed by atoms with Gasteiger partial charge in [-0.2, -0.15) is 0 Å². The van der Waals surface area contributed by atoms with Gasteiger partial charge in [-0.15, -0.1) is 0 Å². The molecule has 0 unspecified atom stereocenters. The second-order valence-electron chi connectivity index (χ2n) is 4.55. The van der Waals surface area contributed by atoms with E-state index in [2.05, 4.69) is 5.32 Å². The Labute approximate surface area is 85.8 Å². The summed E-state index contributed by atoms with van der Waals surface area (Å²) < 4.78 is 0. The number of carbonyl (C=O) groups excluding carboxylic acids is 1. The van der Waals surface area contributed by atoms with E-state index < -0.39 is 0 Å². The topological polar surface area (TPSA) is 32.3 Å². The maximum absolute atomic E-state index is 11.5. The van der Waals surface area contributed by atoms with Gasteiger partial charge in [-0.05, 0) is 32.2 Å².